The molecular weight excluding hydrogens is 238 g/mol. The Bertz CT molecular complexity index is 498. The number of hydrogen-bond donors (Lipinski definition) is 1. The molecule has 1 saturated heterocycles. The van der Waals surface area contributed by atoms with Crippen LogP contribution in [0.5, 0.6) is 5.75 Å². The average Bonchev–Trinajstić information content (AvgIpc) is 2.29. The highest BCUT2D eigenvalue weighted by molar-refractivity contribution is 7.89. The summed E-state index contributed by atoms with van der Waals surface area (Å²) in [6.07, 6.45) is 2.88. The summed E-state index contributed by atoms with van der Waals surface area (Å²) in [5.74, 6) is -0.0178. The van der Waals surface area contributed by atoms with Crippen LogP contribution in [-0.4, -0.2) is 30.4 Å². The Morgan fingerprint density at radius 2 is 2.12 bits per heavy atom. The van der Waals surface area contributed by atoms with Gasteiger partial charge in [0.2, 0.25) is 10.0 Å². The molecule has 1 aromatic rings. The highest BCUT2D eigenvalue weighted by Gasteiger charge is 2.30. The van der Waals surface area contributed by atoms with Crippen molar-refractivity contribution in [2.75, 3.05) is 6.54 Å². The van der Waals surface area contributed by atoms with Crippen molar-refractivity contribution in [2.24, 2.45) is 0 Å². The van der Waals surface area contributed by atoms with Crippen LogP contribution >= 0.6 is 0 Å². The van der Waals surface area contributed by atoms with Gasteiger partial charge in [0.05, 0.1) is 4.90 Å². The Kier molecular flexibility index (Phi) is 3.40. The molecule has 2 rings (SSSR count). The third kappa shape index (κ3) is 2.45. The molecule has 1 atom stereocenters. The van der Waals surface area contributed by atoms with Gasteiger partial charge in [-0.2, -0.15) is 4.31 Å². The van der Waals surface area contributed by atoms with Crippen LogP contribution in [-0.2, 0) is 10.0 Å². The lowest BCUT2D eigenvalue weighted by atomic mass is 10.1. The van der Waals surface area contributed by atoms with Crippen LogP contribution in [0.3, 0.4) is 0 Å². The molecule has 17 heavy (non-hydrogen) atoms. The summed E-state index contributed by atoms with van der Waals surface area (Å²) in [4.78, 5) is 0.172. The van der Waals surface area contributed by atoms with E-state index in [9.17, 15) is 13.5 Å². The van der Waals surface area contributed by atoms with Crippen LogP contribution in [0.4, 0.5) is 0 Å². The van der Waals surface area contributed by atoms with Gasteiger partial charge in [-0.05, 0) is 38.0 Å². The maximum atomic E-state index is 12.4. The van der Waals surface area contributed by atoms with Crippen molar-refractivity contribution >= 4 is 10.0 Å². The molecule has 1 aliphatic heterocycles. The van der Waals surface area contributed by atoms with Crippen molar-refractivity contribution in [1.82, 2.24) is 4.31 Å². The van der Waals surface area contributed by atoms with Crippen molar-refractivity contribution in [1.29, 1.82) is 0 Å². The van der Waals surface area contributed by atoms with E-state index in [1.165, 1.54) is 22.5 Å². The first-order chi connectivity index (χ1) is 8.01. The Morgan fingerprint density at radius 1 is 1.35 bits per heavy atom. The molecule has 5 heteroatoms. The van der Waals surface area contributed by atoms with Crippen LogP contribution < -0.4 is 0 Å². The first-order valence-corrected chi connectivity index (χ1v) is 7.27. The minimum absolute atomic E-state index is 0.0178. The minimum Gasteiger partial charge on any atom is -0.508 e. The van der Waals surface area contributed by atoms with Crippen molar-refractivity contribution < 1.29 is 13.5 Å². The summed E-state index contributed by atoms with van der Waals surface area (Å²) in [6, 6.07) is 5.89. The molecule has 1 N–H and O–H groups in total. The number of phenols is 1. The normalized spacial score (nSPS) is 22.5. The molecule has 0 radical (unpaired) electrons. The molecule has 1 aliphatic rings. The van der Waals surface area contributed by atoms with E-state index in [-0.39, 0.29) is 16.7 Å². The summed E-state index contributed by atoms with van der Waals surface area (Å²) in [6.45, 7) is 2.50. The fourth-order valence-electron chi connectivity index (χ4n) is 2.21. The Labute approximate surface area is 102 Å². The largest absolute Gasteiger partial charge is 0.508 e. The van der Waals surface area contributed by atoms with E-state index >= 15 is 0 Å². The fraction of sp³-hybridized carbons (Fsp3) is 0.500. The van der Waals surface area contributed by atoms with Gasteiger partial charge in [0.15, 0.2) is 0 Å². The van der Waals surface area contributed by atoms with Crippen LogP contribution in [0.25, 0.3) is 0 Å². The Hall–Kier alpha value is -1.07. The van der Waals surface area contributed by atoms with Crippen LogP contribution in [0.2, 0.25) is 0 Å². The number of benzene rings is 1. The van der Waals surface area contributed by atoms with Gasteiger partial charge in [-0.15, -0.1) is 0 Å². The zero-order chi connectivity index (χ0) is 12.5. The summed E-state index contributed by atoms with van der Waals surface area (Å²) >= 11 is 0. The molecule has 0 saturated carbocycles. The van der Waals surface area contributed by atoms with Gasteiger partial charge in [-0.3, -0.25) is 0 Å². The van der Waals surface area contributed by atoms with E-state index in [1.807, 2.05) is 6.92 Å². The first-order valence-electron chi connectivity index (χ1n) is 5.83. The van der Waals surface area contributed by atoms with E-state index in [0.717, 1.165) is 19.3 Å². The van der Waals surface area contributed by atoms with Gasteiger partial charge in [0.25, 0.3) is 0 Å². The van der Waals surface area contributed by atoms with E-state index in [2.05, 4.69) is 0 Å². The van der Waals surface area contributed by atoms with Crippen LogP contribution in [0, 0.1) is 0 Å². The molecule has 1 heterocycles. The quantitative estimate of drug-likeness (QED) is 0.878. The molecule has 4 nitrogen and oxygen atoms in total. The number of aromatic hydroxyl groups is 1. The van der Waals surface area contributed by atoms with Gasteiger partial charge in [-0.25, -0.2) is 8.42 Å². The zero-order valence-electron chi connectivity index (χ0n) is 9.83. The lowest BCUT2D eigenvalue weighted by Gasteiger charge is -2.32. The molecule has 0 amide bonds. The monoisotopic (exact) mass is 255 g/mol. The van der Waals surface area contributed by atoms with Gasteiger partial charge in [-0.1, -0.05) is 12.5 Å². The molecule has 0 aliphatic carbocycles. The maximum absolute atomic E-state index is 12.4. The van der Waals surface area contributed by atoms with E-state index < -0.39 is 10.0 Å². The smallest absolute Gasteiger partial charge is 0.243 e. The number of phenolic OH excluding ortho intramolecular Hbond substituents is 1. The number of rotatable bonds is 2. The molecule has 0 spiro atoms. The first kappa shape index (κ1) is 12.4. The molecule has 0 bridgehead atoms. The molecule has 94 valence electrons. The van der Waals surface area contributed by atoms with Gasteiger partial charge in [0.1, 0.15) is 5.75 Å². The molecular formula is C12H17NO3S. The number of hydrogen-bond acceptors (Lipinski definition) is 3. The summed E-state index contributed by atoms with van der Waals surface area (Å²) in [7, 11) is -3.46. The fourth-order valence-corrected chi connectivity index (χ4v) is 3.95. The number of piperidine rings is 1. The SMILES string of the molecule is CC1CCCCN1S(=O)(=O)c1cccc(O)c1. The van der Waals surface area contributed by atoms with E-state index in [4.69, 9.17) is 0 Å². The Balaban J connectivity index is 2.35. The Morgan fingerprint density at radius 3 is 2.76 bits per heavy atom. The van der Waals surface area contributed by atoms with Crippen LogP contribution in [0.1, 0.15) is 26.2 Å². The van der Waals surface area contributed by atoms with Crippen molar-refractivity contribution in [3.63, 3.8) is 0 Å². The topological polar surface area (TPSA) is 57.6 Å². The lowest BCUT2D eigenvalue weighted by molar-refractivity contribution is 0.268. The minimum atomic E-state index is -3.46. The van der Waals surface area contributed by atoms with Crippen LogP contribution in [0.15, 0.2) is 29.2 Å². The molecule has 0 aromatic heterocycles. The maximum Gasteiger partial charge on any atom is 0.243 e. The summed E-state index contributed by atoms with van der Waals surface area (Å²) < 4.78 is 26.3. The van der Waals surface area contributed by atoms with E-state index in [0.29, 0.717) is 6.54 Å². The van der Waals surface area contributed by atoms with E-state index in [1.54, 1.807) is 6.07 Å². The van der Waals surface area contributed by atoms with Crippen molar-refractivity contribution in [3.8, 4) is 5.75 Å². The lowest BCUT2D eigenvalue weighted by Crippen LogP contribution is -2.41. The third-order valence-electron chi connectivity index (χ3n) is 3.17. The third-order valence-corrected chi connectivity index (χ3v) is 5.18. The highest BCUT2D eigenvalue weighted by Crippen LogP contribution is 2.26. The second-order valence-corrected chi connectivity index (χ2v) is 6.35. The summed E-state index contributed by atoms with van der Waals surface area (Å²) in [5.41, 5.74) is 0. The number of nitrogens with zero attached hydrogens (tertiary/aromatic N) is 1. The zero-order valence-corrected chi connectivity index (χ0v) is 10.7. The van der Waals surface area contributed by atoms with Gasteiger partial charge < -0.3 is 5.11 Å². The molecule has 1 unspecified atom stereocenters. The standard InChI is InChI=1S/C12H17NO3S/c1-10-5-2-3-8-13(10)17(15,16)12-7-4-6-11(14)9-12/h4,6-7,9-10,14H,2-3,5,8H2,1H3. The van der Waals surface area contributed by atoms with Crippen molar-refractivity contribution in [3.05, 3.63) is 24.3 Å². The van der Waals surface area contributed by atoms with Gasteiger partial charge in [0, 0.05) is 12.6 Å². The second kappa shape index (κ2) is 4.66. The average molecular weight is 255 g/mol. The summed E-state index contributed by atoms with van der Waals surface area (Å²) in [5, 5.41) is 9.36. The predicted molar refractivity (Wildman–Crippen MR) is 65.3 cm³/mol. The highest BCUT2D eigenvalue weighted by atomic mass is 32.2. The van der Waals surface area contributed by atoms with Crippen molar-refractivity contribution in [2.45, 2.75) is 37.1 Å². The second-order valence-electron chi connectivity index (χ2n) is 4.46. The predicted octanol–water partition coefficient (Wildman–Crippen LogP) is 1.96. The van der Waals surface area contributed by atoms with Gasteiger partial charge >= 0.3 is 0 Å². The number of sulfonamides is 1. The molecule has 1 fully saturated rings. The molecule has 1 aromatic carbocycles.